The molecule has 1 aromatic carbocycles. The summed E-state index contributed by atoms with van der Waals surface area (Å²) in [6.45, 7) is 2.76. The van der Waals surface area contributed by atoms with Crippen LogP contribution < -0.4 is 5.32 Å². The summed E-state index contributed by atoms with van der Waals surface area (Å²) in [6, 6.07) is 7.43. The lowest BCUT2D eigenvalue weighted by Gasteiger charge is -2.37. The summed E-state index contributed by atoms with van der Waals surface area (Å²) in [7, 11) is 0. The van der Waals surface area contributed by atoms with E-state index in [4.69, 9.17) is 21.4 Å². The summed E-state index contributed by atoms with van der Waals surface area (Å²) in [6.07, 6.45) is 1.47. The topological polar surface area (TPSA) is 75.6 Å². The Kier molecular flexibility index (Phi) is 6.02. The molecule has 0 saturated carbocycles. The molecule has 23 heavy (non-hydrogen) atoms. The minimum absolute atomic E-state index is 0.0824. The maximum absolute atomic E-state index is 12.5. The van der Waals surface area contributed by atoms with Crippen LogP contribution in [0.2, 0.25) is 5.02 Å². The Labute approximate surface area is 141 Å². The standard InChI is InChI=1S/C17H22ClNO4/c1-12(10-13-4-2-3-5-14(13)18)16(22)19-17(11-15(20)21)6-8-23-9-7-17/h2-5,12H,6-11H2,1H3,(H,19,22)(H,20,21). The molecular formula is C17H22ClNO4. The SMILES string of the molecule is CC(Cc1ccccc1Cl)C(=O)NC1(CC(=O)O)CCOCC1. The van der Waals surface area contributed by atoms with Gasteiger partial charge in [0, 0.05) is 24.2 Å². The first-order valence-electron chi connectivity index (χ1n) is 7.77. The van der Waals surface area contributed by atoms with Crippen molar-refractivity contribution in [3.63, 3.8) is 0 Å². The number of carboxylic acid groups (broad SMARTS) is 1. The van der Waals surface area contributed by atoms with Crippen molar-refractivity contribution in [3.8, 4) is 0 Å². The lowest BCUT2D eigenvalue weighted by atomic mass is 9.85. The third-order valence-corrected chi connectivity index (χ3v) is 4.63. The molecule has 5 nitrogen and oxygen atoms in total. The van der Waals surface area contributed by atoms with Gasteiger partial charge in [0.15, 0.2) is 0 Å². The summed E-state index contributed by atoms with van der Waals surface area (Å²) < 4.78 is 5.30. The monoisotopic (exact) mass is 339 g/mol. The van der Waals surface area contributed by atoms with E-state index in [1.165, 1.54) is 0 Å². The number of aliphatic carboxylic acids is 1. The van der Waals surface area contributed by atoms with E-state index in [2.05, 4.69) is 5.32 Å². The molecule has 1 fully saturated rings. The summed E-state index contributed by atoms with van der Waals surface area (Å²) in [4.78, 5) is 23.7. The predicted octanol–water partition coefficient (Wildman–Crippen LogP) is 2.66. The van der Waals surface area contributed by atoms with Crippen molar-refractivity contribution < 1.29 is 19.4 Å². The first-order valence-corrected chi connectivity index (χ1v) is 8.15. The summed E-state index contributed by atoms with van der Waals surface area (Å²) in [5.41, 5.74) is 0.201. The Morgan fingerprint density at radius 3 is 2.61 bits per heavy atom. The number of carbonyl (C=O) groups is 2. The van der Waals surface area contributed by atoms with Gasteiger partial charge in [0.25, 0.3) is 0 Å². The molecule has 1 aliphatic rings. The first kappa shape index (κ1) is 17.8. The van der Waals surface area contributed by atoms with Crippen LogP contribution in [0.5, 0.6) is 0 Å². The molecule has 0 bridgehead atoms. The highest BCUT2D eigenvalue weighted by molar-refractivity contribution is 6.31. The maximum Gasteiger partial charge on any atom is 0.305 e. The highest BCUT2D eigenvalue weighted by Crippen LogP contribution is 2.26. The Balaban J connectivity index is 2.03. The minimum atomic E-state index is -0.911. The molecule has 1 unspecified atom stereocenters. The molecule has 6 heteroatoms. The van der Waals surface area contributed by atoms with Gasteiger partial charge in [-0.3, -0.25) is 9.59 Å². The van der Waals surface area contributed by atoms with Crippen molar-refractivity contribution in [1.82, 2.24) is 5.32 Å². The average Bonchev–Trinajstić information content (AvgIpc) is 2.49. The largest absolute Gasteiger partial charge is 0.481 e. The number of carbonyl (C=O) groups excluding carboxylic acids is 1. The number of carboxylic acids is 1. The van der Waals surface area contributed by atoms with Gasteiger partial charge in [0.2, 0.25) is 5.91 Å². The number of hydrogen-bond acceptors (Lipinski definition) is 3. The molecule has 1 aromatic rings. The van der Waals surface area contributed by atoms with E-state index in [9.17, 15) is 9.59 Å². The van der Waals surface area contributed by atoms with E-state index < -0.39 is 11.5 Å². The number of halogens is 1. The zero-order chi connectivity index (χ0) is 16.9. The zero-order valence-corrected chi connectivity index (χ0v) is 13.9. The van der Waals surface area contributed by atoms with Crippen molar-refractivity contribution in [2.45, 2.75) is 38.1 Å². The molecule has 0 spiro atoms. The number of hydrogen-bond donors (Lipinski definition) is 2. The van der Waals surface area contributed by atoms with Crippen molar-refractivity contribution in [3.05, 3.63) is 34.9 Å². The fourth-order valence-corrected chi connectivity index (χ4v) is 3.08. The lowest BCUT2D eigenvalue weighted by molar-refractivity contribution is -0.141. The third kappa shape index (κ3) is 4.94. The van der Waals surface area contributed by atoms with Crippen molar-refractivity contribution >= 4 is 23.5 Å². The molecule has 1 atom stereocenters. The lowest BCUT2D eigenvalue weighted by Crippen LogP contribution is -2.54. The van der Waals surface area contributed by atoms with E-state index in [0.717, 1.165) is 5.56 Å². The van der Waals surface area contributed by atoms with Gasteiger partial charge in [-0.15, -0.1) is 0 Å². The smallest absolute Gasteiger partial charge is 0.305 e. The normalized spacial score (nSPS) is 18.2. The molecule has 1 aliphatic heterocycles. The van der Waals surface area contributed by atoms with Crippen LogP contribution in [-0.4, -0.2) is 35.7 Å². The number of benzene rings is 1. The van der Waals surface area contributed by atoms with Gasteiger partial charge < -0.3 is 15.2 Å². The summed E-state index contributed by atoms with van der Waals surface area (Å²) >= 11 is 6.14. The molecule has 1 saturated heterocycles. The van der Waals surface area contributed by atoms with Gasteiger partial charge in [-0.1, -0.05) is 36.7 Å². The fraction of sp³-hybridized carbons (Fsp3) is 0.529. The third-order valence-electron chi connectivity index (χ3n) is 4.26. The fourth-order valence-electron chi connectivity index (χ4n) is 2.87. The van der Waals surface area contributed by atoms with Gasteiger partial charge in [-0.2, -0.15) is 0 Å². The molecule has 2 rings (SSSR count). The van der Waals surface area contributed by atoms with Gasteiger partial charge in [-0.25, -0.2) is 0 Å². The number of nitrogens with one attached hydrogen (secondary N) is 1. The Morgan fingerprint density at radius 2 is 2.00 bits per heavy atom. The Hall–Kier alpha value is -1.59. The molecule has 0 aliphatic carbocycles. The van der Waals surface area contributed by atoms with Crippen LogP contribution in [0.4, 0.5) is 0 Å². The zero-order valence-electron chi connectivity index (χ0n) is 13.2. The molecule has 0 aromatic heterocycles. The second-order valence-corrected chi connectivity index (χ2v) is 6.56. The first-order chi connectivity index (χ1) is 10.9. The van der Waals surface area contributed by atoms with Crippen molar-refractivity contribution in [2.24, 2.45) is 5.92 Å². The average molecular weight is 340 g/mol. The van der Waals surface area contributed by atoms with Gasteiger partial charge in [0.1, 0.15) is 0 Å². The highest BCUT2D eigenvalue weighted by atomic mass is 35.5. The Bertz CT molecular complexity index is 569. The molecular weight excluding hydrogens is 318 g/mol. The van der Waals surface area contributed by atoms with Crippen molar-refractivity contribution in [1.29, 1.82) is 0 Å². The number of amides is 1. The van der Waals surface area contributed by atoms with E-state index in [1.54, 1.807) is 6.07 Å². The van der Waals surface area contributed by atoms with Crippen LogP contribution in [0.15, 0.2) is 24.3 Å². The van der Waals surface area contributed by atoms with Gasteiger partial charge in [-0.05, 0) is 30.9 Å². The minimum Gasteiger partial charge on any atom is -0.481 e. The van der Waals surface area contributed by atoms with Crippen LogP contribution in [0.3, 0.4) is 0 Å². The van der Waals surface area contributed by atoms with Crippen molar-refractivity contribution in [2.75, 3.05) is 13.2 Å². The highest BCUT2D eigenvalue weighted by Gasteiger charge is 2.37. The molecule has 0 radical (unpaired) electrons. The van der Waals surface area contributed by atoms with Crippen LogP contribution in [0, 0.1) is 5.92 Å². The summed E-state index contributed by atoms with van der Waals surface area (Å²) in [5.74, 6) is -1.34. The van der Waals surface area contributed by atoms with Crippen LogP contribution in [-0.2, 0) is 20.7 Å². The molecule has 1 heterocycles. The van der Waals surface area contributed by atoms with E-state index in [-0.39, 0.29) is 18.2 Å². The number of rotatable bonds is 6. The summed E-state index contributed by atoms with van der Waals surface area (Å²) in [5, 5.41) is 12.7. The maximum atomic E-state index is 12.5. The number of ether oxygens (including phenoxy) is 1. The molecule has 126 valence electrons. The second-order valence-electron chi connectivity index (χ2n) is 6.15. The van der Waals surface area contributed by atoms with E-state index in [1.807, 2.05) is 25.1 Å². The quantitative estimate of drug-likeness (QED) is 0.835. The van der Waals surface area contributed by atoms with E-state index >= 15 is 0 Å². The van der Waals surface area contributed by atoms with Gasteiger partial charge in [0.05, 0.1) is 12.0 Å². The van der Waals surface area contributed by atoms with Crippen LogP contribution >= 0.6 is 11.6 Å². The molecule has 1 amide bonds. The Morgan fingerprint density at radius 1 is 1.35 bits per heavy atom. The van der Waals surface area contributed by atoms with Gasteiger partial charge >= 0.3 is 5.97 Å². The second kappa shape index (κ2) is 7.79. The molecule has 2 N–H and O–H groups in total. The predicted molar refractivity (Wildman–Crippen MR) is 87.5 cm³/mol. The van der Waals surface area contributed by atoms with Crippen LogP contribution in [0.25, 0.3) is 0 Å². The van der Waals surface area contributed by atoms with E-state index in [0.29, 0.717) is 37.5 Å². The van der Waals surface area contributed by atoms with Crippen LogP contribution in [0.1, 0.15) is 31.7 Å².